The highest BCUT2D eigenvalue weighted by molar-refractivity contribution is 6.34. The van der Waals surface area contributed by atoms with Gasteiger partial charge in [0.05, 0.1) is 23.8 Å². The summed E-state index contributed by atoms with van der Waals surface area (Å²) in [5.41, 5.74) is 1.76. The molecule has 2 aromatic carbocycles. The van der Waals surface area contributed by atoms with Crippen LogP contribution in [0, 0.1) is 6.92 Å². The van der Waals surface area contributed by atoms with Crippen molar-refractivity contribution < 1.29 is 28.6 Å². The van der Waals surface area contributed by atoms with Gasteiger partial charge in [-0.25, -0.2) is 14.4 Å². The topological polar surface area (TPSA) is 90.9 Å². The van der Waals surface area contributed by atoms with Gasteiger partial charge in [-0.15, -0.1) is 0 Å². The van der Waals surface area contributed by atoms with Gasteiger partial charge in [0.25, 0.3) is 0 Å². The van der Waals surface area contributed by atoms with Gasteiger partial charge in [-0.2, -0.15) is 0 Å². The summed E-state index contributed by atoms with van der Waals surface area (Å²) in [6.07, 6.45) is 5.09. The molecule has 0 saturated carbocycles. The Morgan fingerprint density at radius 3 is 2.58 bits per heavy atom. The standard InChI is InChI=1S/C25H26ClNO6/c1-4-6-13-32-19-14-18(26)20(23(28)31-5-2)15(3)21(19)24(29)33-25(30)22-17-10-8-7-9-16(17)11-12-27-22/h7-12,14,22,27H,4-6,13H2,1-3H3. The molecule has 8 heteroatoms. The Kier molecular flexibility index (Phi) is 8.11. The van der Waals surface area contributed by atoms with Crippen molar-refractivity contribution in [2.45, 2.75) is 39.7 Å². The van der Waals surface area contributed by atoms with Crippen molar-refractivity contribution in [3.8, 4) is 5.75 Å². The normalized spacial score (nSPS) is 14.1. The molecule has 174 valence electrons. The number of halogens is 1. The van der Waals surface area contributed by atoms with Crippen LogP contribution in [0.4, 0.5) is 0 Å². The van der Waals surface area contributed by atoms with Crippen LogP contribution in [0.2, 0.25) is 5.02 Å². The summed E-state index contributed by atoms with van der Waals surface area (Å²) in [5.74, 6) is -2.23. The van der Waals surface area contributed by atoms with E-state index in [1.54, 1.807) is 32.2 Å². The van der Waals surface area contributed by atoms with E-state index in [0.29, 0.717) is 12.2 Å². The number of rotatable bonds is 8. The minimum absolute atomic E-state index is 0.0322. The number of hydrogen-bond acceptors (Lipinski definition) is 7. The molecule has 0 aromatic heterocycles. The first-order valence-electron chi connectivity index (χ1n) is 10.8. The lowest BCUT2D eigenvalue weighted by atomic mass is 9.98. The number of esters is 3. The number of fused-ring (bicyclic) bond motifs is 1. The molecule has 33 heavy (non-hydrogen) atoms. The van der Waals surface area contributed by atoms with Crippen LogP contribution in [0.15, 0.2) is 36.5 Å². The van der Waals surface area contributed by atoms with E-state index < -0.39 is 23.9 Å². The quantitative estimate of drug-likeness (QED) is 0.329. The number of nitrogens with one attached hydrogen (secondary N) is 1. The van der Waals surface area contributed by atoms with Gasteiger partial charge in [0, 0.05) is 6.07 Å². The van der Waals surface area contributed by atoms with Gasteiger partial charge in [-0.1, -0.05) is 49.2 Å². The fraction of sp³-hybridized carbons (Fsp3) is 0.320. The molecule has 1 unspecified atom stereocenters. The number of unbranched alkanes of at least 4 members (excludes halogenated alkanes) is 1. The second-order valence-electron chi connectivity index (χ2n) is 7.42. The van der Waals surface area contributed by atoms with Crippen LogP contribution in [0.5, 0.6) is 5.75 Å². The number of benzene rings is 2. The van der Waals surface area contributed by atoms with Gasteiger partial charge in [0.1, 0.15) is 11.3 Å². The van der Waals surface area contributed by atoms with Crippen LogP contribution in [0.25, 0.3) is 6.08 Å². The zero-order valence-electron chi connectivity index (χ0n) is 18.8. The molecule has 1 N–H and O–H groups in total. The zero-order valence-corrected chi connectivity index (χ0v) is 19.5. The Labute approximate surface area is 197 Å². The van der Waals surface area contributed by atoms with Gasteiger partial charge in [0.15, 0.2) is 6.04 Å². The molecule has 0 saturated heterocycles. The van der Waals surface area contributed by atoms with Crippen molar-refractivity contribution in [3.63, 3.8) is 0 Å². The minimum atomic E-state index is -0.931. The van der Waals surface area contributed by atoms with E-state index >= 15 is 0 Å². The summed E-state index contributed by atoms with van der Waals surface area (Å²) >= 11 is 6.32. The van der Waals surface area contributed by atoms with Crippen molar-refractivity contribution >= 4 is 35.6 Å². The third-order valence-corrected chi connectivity index (χ3v) is 5.49. The third-order valence-electron chi connectivity index (χ3n) is 5.19. The predicted molar refractivity (Wildman–Crippen MR) is 124 cm³/mol. The van der Waals surface area contributed by atoms with Crippen molar-refractivity contribution in [1.29, 1.82) is 0 Å². The van der Waals surface area contributed by atoms with Crippen LogP contribution in [-0.2, 0) is 14.3 Å². The Morgan fingerprint density at radius 1 is 1.09 bits per heavy atom. The van der Waals surface area contributed by atoms with Crippen LogP contribution >= 0.6 is 11.6 Å². The summed E-state index contributed by atoms with van der Waals surface area (Å²) in [6.45, 7) is 5.69. The molecule has 0 radical (unpaired) electrons. The highest BCUT2D eigenvalue weighted by Gasteiger charge is 2.31. The van der Waals surface area contributed by atoms with Crippen molar-refractivity contribution in [2.24, 2.45) is 0 Å². The molecular weight excluding hydrogens is 446 g/mol. The highest BCUT2D eigenvalue weighted by Crippen LogP contribution is 2.34. The molecule has 0 spiro atoms. The first-order valence-corrected chi connectivity index (χ1v) is 11.2. The van der Waals surface area contributed by atoms with Gasteiger partial charge in [-0.3, -0.25) is 0 Å². The molecule has 3 rings (SSSR count). The Balaban J connectivity index is 1.94. The lowest BCUT2D eigenvalue weighted by molar-refractivity contribution is -0.140. The van der Waals surface area contributed by atoms with E-state index in [2.05, 4.69) is 5.32 Å². The van der Waals surface area contributed by atoms with Crippen LogP contribution in [0.1, 0.15) is 70.1 Å². The second-order valence-corrected chi connectivity index (χ2v) is 7.83. The fourth-order valence-corrected chi connectivity index (χ4v) is 3.86. The van der Waals surface area contributed by atoms with Crippen molar-refractivity contribution in [2.75, 3.05) is 13.2 Å². The predicted octanol–water partition coefficient (Wildman–Crippen LogP) is 5.00. The minimum Gasteiger partial charge on any atom is -0.493 e. The van der Waals surface area contributed by atoms with Crippen LogP contribution in [0.3, 0.4) is 0 Å². The third kappa shape index (κ3) is 5.37. The largest absolute Gasteiger partial charge is 0.493 e. The monoisotopic (exact) mass is 471 g/mol. The lowest BCUT2D eigenvalue weighted by Crippen LogP contribution is -2.31. The first-order chi connectivity index (χ1) is 15.9. The average Bonchev–Trinajstić information content (AvgIpc) is 2.78. The van der Waals surface area contributed by atoms with E-state index in [4.69, 9.17) is 25.8 Å². The van der Waals surface area contributed by atoms with Gasteiger partial charge < -0.3 is 19.5 Å². The number of carbonyl (C=O) groups excluding carboxylic acids is 3. The summed E-state index contributed by atoms with van der Waals surface area (Å²) in [7, 11) is 0. The Hall–Kier alpha value is -3.32. The van der Waals surface area contributed by atoms with Gasteiger partial charge in [0.2, 0.25) is 0 Å². The van der Waals surface area contributed by atoms with Crippen LogP contribution in [-0.4, -0.2) is 31.1 Å². The summed E-state index contributed by atoms with van der Waals surface area (Å²) < 4.78 is 16.1. The van der Waals surface area contributed by atoms with Crippen molar-refractivity contribution in [1.82, 2.24) is 5.32 Å². The maximum absolute atomic E-state index is 13.2. The number of ether oxygens (including phenoxy) is 3. The summed E-state index contributed by atoms with van der Waals surface area (Å²) in [4.78, 5) is 38.5. The zero-order chi connectivity index (χ0) is 24.0. The molecule has 2 aromatic rings. The SMILES string of the molecule is CCCCOc1cc(Cl)c(C(=O)OCC)c(C)c1C(=O)OC(=O)C1NC=Cc2ccccc21. The molecule has 1 aliphatic rings. The molecule has 1 heterocycles. The molecule has 1 aliphatic heterocycles. The maximum Gasteiger partial charge on any atom is 0.349 e. The Morgan fingerprint density at radius 2 is 1.85 bits per heavy atom. The summed E-state index contributed by atoms with van der Waals surface area (Å²) in [5, 5.41) is 3.02. The molecule has 1 atom stereocenters. The van der Waals surface area contributed by atoms with Crippen LogP contribution < -0.4 is 10.1 Å². The van der Waals surface area contributed by atoms with Gasteiger partial charge in [-0.05, 0) is 49.2 Å². The van der Waals surface area contributed by atoms with E-state index in [1.165, 1.54) is 6.07 Å². The average molecular weight is 472 g/mol. The highest BCUT2D eigenvalue weighted by atomic mass is 35.5. The van der Waals surface area contributed by atoms with Gasteiger partial charge >= 0.3 is 17.9 Å². The lowest BCUT2D eigenvalue weighted by Gasteiger charge is -2.22. The van der Waals surface area contributed by atoms with E-state index in [-0.39, 0.29) is 34.1 Å². The second kappa shape index (κ2) is 11.0. The number of carbonyl (C=O) groups is 3. The maximum atomic E-state index is 13.2. The summed E-state index contributed by atoms with van der Waals surface area (Å²) in [6, 6.07) is 7.84. The fourth-order valence-electron chi connectivity index (χ4n) is 3.54. The smallest absolute Gasteiger partial charge is 0.349 e. The van der Waals surface area contributed by atoms with E-state index in [9.17, 15) is 14.4 Å². The van der Waals surface area contributed by atoms with E-state index in [1.807, 2.05) is 25.1 Å². The molecular formula is C25H26ClNO6. The van der Waals surface area contributed by atoms with E-state index in [0.717, 1.165) is 18.4 Å². The first kappa shape index (κ1) is 24.3. The van der Waals surface area contributed by atoms with Crippen molar-refractivity contribution in [3.05, 3.63) is 69.4 Å². The number of hydrogen-bond donors (Lipinski definition) is 1. The molecule has 0 bridgehead atoms. The Bertz CT molecular complexity index is 1090. The molecule has 0 aliphatic carbocycles. The molecule has 0 fully saturated rings. The molecule has 7 nitrogen and oxygen atoms in total. The molecule has 0 amide bonds.